The van der Waals surface area contributed by atoms with Gasteiger partial charge in [0.25, 0.3) is 0 Å². The van der Waals surface area contributed by atoms with E-state index in [-0.39, 0.29) is 6.04 Å². The van der Waals surface area contributed by atoms with Crippen molar-refractivity contribution >= 4 is 6.09 Å². The number of benzene rings is 1. The third-order valence-electron chi connectivity index (χ3n) is 3.40. The molecule has 2 rings (SSSR count). The lowest BCUT2D eigenvalue weighted by Crippen LogP contribution is -2.45. The minimum atomic E-state index is -0.956. The number of carboxylic acid groups (broad SMARTS) is 1. The monoisotopic (exact) mass is 260 g/mol. The van der Waals surface area contributed by atoms with E-state index in [2.05, 4.69) is 46.6 Å². The molecule has 1 aliphatic heterocycles. The fourth-order valence-corrected chi connectivity index (χ4v) is 2.37. The van der Waals surface area contributed by atoms with Gasteiger partial charge in [0.15, 0.2) is 0 Å². The maximum atomic E-state index is 10.6. The number of hydrogen-bond donors (Lipinski definition) is 2. The SMILES string of the molecule is O=C(O)NCC1C=CCCN1CCc1ccccc1. The maximum Gasteiger partial charge on any atom is 0.404 e. The highest BCUT2D eigenvalue weighted by atomic mass is 16.4. The van der Waals surface area contributed by atoms with Gasteiger partial charge in [-0.2, -0.15) is 0 Å². The van der Waals surface area contributed by atoms with E-state index in [1.807, 2.05) is 6.07 Å². The predicted molar refractivity (Wildman–Crippen MR) is 75.3 cm³/mol. The van der Waals surface area contributed by atoms with Gasteiger partial charge in [0.2, 0.25) is 0 Å². The minimum Gasteiger partial charge on any atom is -0.465 e. The molecule has 0 aliphatic carbocycles. The summed E-state index contributed by atoms with van der Waals surface area (Å²) in [6.45, 7) is 2.41. The van der Waals surface area contributed by atoms with Crippen LogP contribution in [0.15, 0.2) is 42.5 Å². The Kier molecular flexibility index (Phi) is 4.98. The van der Waals surface area contributed by atoms with Crippen LogP contribution < -0.4 is 5.32 Å². The average Bonchev–Trinajstić information content (AvgIpc) is 2.45. The third-order valence-corrected chi connectivity index (χ3v) is 3.40. The summed E-state index contributed by atoms with van der Waals surface area (Å²) in [6.07, 6.45) is 5.32. The molecule has 1 amide bonds. The molecule has 19 heavy (non-hydrogen) atoms. The Labute approximate surface area is 113 Å². The fourth-order valence-electron chi connectivity index (χ4n) is 2.37. The van der Waals surface area contributed by atoms with E-state index in [0.29, 0.717) is 6.54 Å². The number of carbonyl (C=O) groups is 1. The Morgan fingerprint density at radius 1 is 1.37 bits per heavy atom. The molecule has 0 radical (unpaired) electrons. The van der Waals surface area contributed by atoms with Crippen molar-refractivity contribution in [3.63, 3.8) is 0 Å². The van der Waals surface area contributed by atoms with E-state index in [4.69, 9.17) is 5.11 Å². The first-order valence-corrected chi connectivity index (χ1v) is 6.67. The Balaban J connectivity index is 1.86. The number of nitrogens with one attached hydrogen (secondary N) is 1. The zero-order valence-electron chi connectivity index (χ0n) is 11.0. The topological polar surface area (TPSA) is 52.6 Å². The molecule has 0 bridgehead atoms. The third kappa shape index (κ3) is 4.41. The van der Waals surface area contributed by atoms with Crippen LogP contribution in [0.2, 0.25) is 0 Å². The summed E-state index contributed by atoms with van der Waals surface area (Å²) in [4.78, 5) is 12.9. The molecule has 0 saturated heterocycles. The first-order valence-electron chi connectivity index (χ1n) is 6.67. The molecule has 0 saturated carbocycles. The smallest absolute Gasteiger partial charge is 0.404 e. The Morgan fingerprint density at radius 3 is 2.89 bits per heavy atom. The summed E-state index contributed by atoms with van der Waals surface area (Å²) >= 11 is 0. The summed E-state index contributed by atoms with van der Waals surface area (Å²) in [5.41, 5.74) is 1.32. The van der Waals surface area contributed by atoms with E-state index in [1.54, 1.807) is 0 Å². The molecule has 0 aromatic heterocycles. The van der Waals surface area contributed by atoms with Gasteiger partial charge in [0.1, 0.15) is 0 Å². The Bertz CT molecular complexity index is 431. The van der Waals surface area contributed by atoms with E-state index >= 15 is 0 Å². The van der Waals surface area contributed by atoms with Gasteiger partial charge in [-0.15, -0.1) is 0 Å². The van der Waals surface area contributed by atoms with Gasteiger partial charge in [0, 0.05) is 25.7 Å². The summed E-state index contributed by atoms with van der Waals surface area (Å²) in [7, 11) is 0. The van der Waals surface area contributed by atoms with Crippen LogP contribution in [-0.4, -0.2) is 41.8 Å². The second-order valence-electron chi connectivity index (χ2n) is 4.74. The molecule has 1 atom stereocenters. The summed E-state index contributed by atoms with van der Waals surface area (Å²) in [5.74, 6) is 0. The second kappa shape index (κ2) is 6.95. The van der Waals surface area contributed by atoms with Crippen LogP contribution in [0.1, 0.15) is 12.0 Å². The van der Waals surface area contributed by atoms with E-state index in [1.165, 1.54) is 5.56 Å². The van der Waals surface area contributed by atoms with Crippen LogP contribution in [0.3, 0.4) is 0 Å². The largest absolute Gasteiger partial charge is 0.465 e. The molecule has 2 N–H and O–H groups in total. The highest BCUT2D eigenvalue weighted by Gasteiger charge is 2.18. The lowest BCUT2D eigenvalue weighted by Gasteiger charge is -2.32. The molecule has 102 valence electrons. The first-order chi connectivity index (χ1) is 9.25. The van der Waals surface area contributed by atoms with Gasteiger partial charge in [0.05, 0.1) is 0 Å². The molecule has 1 aromatic carbocycles. The summed E-state index contributed by atoms with van der Waals surface area (Å²) in [5, 5.41) is 11.2. The quantitative estimate of drug-likeness (QED) is 0.797. The van der Waals surface area contributed by atoms with E-state index < -0.39 is 6.09 Å². The van der Waals surface area contributed by atoms with Crippen molar-refractivity contribution in [1.29, 1.82) is 0 Å². The number of nitrogens with zero attached hydrogens (tertiary/aromatic N) is 1. The van der Waals surface area contributed by atoms with E-state index in [9.17, 15) is 4.79 Å². The molecule has 0 spiro atoms. The highest BCUT2D eigenvalue weighted by Crippen LogP contribution is 2.11. The van der Waals surface area contributed by atoms with Gasteiger partial charge in [-0.25, -0.2) is 4.79 Å². The standard InChI is InChI=1S/C15H20N2O2/c18-15(19)16-12-14-8-4-5-10-17(14)11-9-13-6-2-1-3-7-13/h1-4,6-8,14,16H,5,9-12H2,(H,18,19). The molecular weight excluding hydrogens is 240 g/mol. The number of amides is 1. The maximum absolute atomic E-state index is 10.6. The van der Waals surface area contributed by atoms with Crippen LogP contribution >= 0.6 is 0 Å². The molecule has 1 aliphatic rings. The van der Waals surface area contributed by atoms with Crippen LogP contribution in [0.4, 0.5) is 4.79 Å². The molecule has 4 heteroatoms. The minimum absolute atomic E-state index is 0.175. The van der Waals surface area contributed by atoms with Gasteiger partial charge in [-0.3, -0.25) is 4.90 Å². The van der Waals surface area contributed by atoms with Gasteiger partial charge < -0.3 is 10.4 Å². The van der Waals surface area contributed by atoms with Gasteiger partial charge in [-0.1, -0.05) is 42.5 Å². The molecule has 1 heterocycles. The Hall–Kier alpha value is -1.81. The molecule has 4 nitrogen and oxygen atoms in total. The van der Waals surface area contributed by atoms with Crippen LogP contribution in [0.25, 0.3) is 0 Å². The van der Waals surface area contributed by atoms with Crippen molar-refractivity contribution in [3.8, 4) is 0 Å². The molecule has 1 aromatic rings. The number of hydrogen-bond acceptors (Lipinski definition) is 2. The first kappa shape index (κ1) is 13.6. The van der Waals surface area contributed by atoms with Crippen LogP contribution in [0.5, 0.6) is 0 Å². The molecule has 1 unspecified atom stereocenters. The van der Waals surface area contributed by atoms with Gasteiger partial charge in [-0.05, 0) is 18.4 Å². The van der Waals surface area contributed by atoms with Crippen molar-refractivity contribution < 1.29 is 9.90 Å². The normalized spacial score (nSPS) is 19.3. The Morgan fingerprint density at radius 2 is 2.16 bits per heavy atom. The van der Waals surface area contributed by atoms with Crippen molar-refractivity contribution in [3.05, 3.63) is 48.0 Å². The number of rotatable bonds is 5. The zero-order chi connectivity index (χ0) is 13.5. The summed E-state index contributed by atoms with van der Waals surface area (Å²) < 4.78 is 0. The van der Waals surface area contributed by atoms with Crippen LogP contribution in [-0.2, 0) is 6.42 Å². The van der Waals surface area contributed by atoms with Crippen LogP contribution in [0, 0.1) is 0 Å². The van der Waals surface area contributed by atoms with Crippen molar-refractivity contribution in [2.45, 2.75) is 18.9 Å². The zero-order valence-corrected chi connectivity index (χ0v) is 11.0. The fraction of sp³-hybridized carbons (Fsp3) is 0.400. The summed E-state index contributed by atoms with van der Waals surface area (Å²) in [6, 6.07) is 10.6. The highest BCUT2D eigenvalue weighted by molar-refractivity contribution is 5.64. The van der Waals surface area contributed by atoms with Crippen molar-refractivity contribution in [2.24, 2.45) is 0 Å². The van der Waals surface area contributed by atoms with Crippen molar-refractivity contribution in [2.75, 3.05) is 19.6 Å². The van der Waals surface area contributed by atoms with E-state index in [0.717, 1.165) is 25.9 Å². The molecular formula is C15H20N2O2. The molecule has 0 fully saturated rings. The van der Waals surface area contributed by atoms with Crippen molar-refractivity contribution in [1.82, 2.24) is 10.2 Å². The lowest BCUT2D eigenvalue weighted by molar-refractivity contribution is 0.183. The van der Waals surface area contributed by atoms with Gasteiger partial charge >= 0.3 is 6.09 Å². The average molecular weight is 260 g/mol. The second-order valence-corrected chi connectivity index (χ2v) is 4.74. The lowest BCUT2D eigenvalue weighted by atomic mass is 10.1. The predicted octanol–water partition coefficient (Wildman–Crippen LogP) is 2.13.